The summed E-state index contributed by atoms with van der Waals surface area (Å²) in [6.07, 6.45) is 9.02. The summed E-state index contributed by atoms with van der Waals surface area (Å²) in [5.41, 5.74) is 6.00. The summed E-state index contributed by atoms with van der Waals surface area (Å²) in [5.74, 6) is 0.227. The second kappa shape index (κ2) is 5.20. The number of nitrogens with two attached hydrogens (primary N) is 1. The van der Waals surface area contributed by atoms with Crippen molar-refractivity contribution in [3.63, 3.8) is 0 Å². The van der Waals surface area contributed by atoms with Gasteiger partial charge in [-0.05, 0) is 37.5 Å². The van der Waals surface area contributed by atoms with E-state index in [4.69, 9.17) is 5.73 Å². The zero-order valence-corrected chi connectivity index (χ0v) is 11.9. The van der Waals surface area contributed by atoms with E-state index in [2.05, 4.69) is 19.2 Å². The van der Waals surface area contributed by atoms with E-state index in [1.165, 1.54) is 12.8 Å². The molecule has 0 aromatic heterocycles. The molecule has 2 rings (SSSR count). The van der Waals surface area contributed by atoms with Gasteiger partial charge in [-0.1, -0.05) is 33.1 Å². The molecular formula is C15H28N2O. The Morgan fingerprint density at radius 2 is 1.89 bits per heavy atom. The molecule has 3 heteroatoms. The van der Waals surface area contributed by atoms with Gasteiger partial charge >= 0.3 is 0 Å². The summed E-state index contributed by atoms with van der Waals surface area (Å²) in [6.45, 7) is 5.12. The standard InChI is InChI=1S/C15H28N2O/c1-14(2)7-5-6-12(10-14)17-13(18)15(11-16)8-3-4-9-15/h12H,3-11,16H2,1-2H3,(H,17,18). The molecule has 0 saturated heterocycles. The third kappa shape index (κ3) is 2.87. The molecule has 1 atom stereocenters. The average molecular weight is 252 g/mol. The van der Waals surface area contributed by atoms with Gasteiger partial charge in [0.2, 0.25) is 5.91 Å². The van der Waals surface area contributed by atoms with Crippen LogP contribution in [-0.4, -0.2) is 18.5 Å². The maximum absolute atomic E-state index is 12.5. The van der Waals surface area contributed by atoms with Crippen molar-refractivity contribution in [3.8, 4) is 0 Å². The topological polar surface area (TPSA) is 55.1 Å². The van der Waals surface area contributed by atoms with Crippen molar-refractivity contribution >= 4 is 5.91 Å². The first-order valence-electron chi connectivity index (χ1n) is 7.49. The van der Waals surface area contributed by atoms with Gasteiger partial charge in [0.1, 0.15) is 0 Å². The van der Waals surface area contributed by atoms with E-state index in [9.17, 15) is 4.79 Å². The molecule has 2 aliphatic carbocycles. The molecule has 0 aromatic carbocycles. The summed E-state index contributed by atoms with van der Waals surface area (Å²) in [5, 5.41) is 3.29. The van der Waals surface area contributed by atoms with E-state index in [1.807, 2.05) is 0 Å². The largest absolute Gasteiger partial charge is 0.353 e. The first-order valence-corrected chi connectivity index (χ1v) is 7.49. The Bertz CT molecular complexity index is 306. The van der Waals surface area contributed by atoms with Crippen LogP contribution in [0.1, 0.15) is 65.2 Å². The third-order valence-corrected chi connectivity index (χ3v) is 4.97. The molecule has 18 heavy (non-hydrogen) atoms. The Labute approximate surface area is 111 Å². The van der Waals surface area contributed by atoms with Crippen LogP contribution in [0.15, 0.2) is 0 Å². The number of hydrogen-bond acceptors (Lipinski definition) is 2. The van der Waals surface area contributed by atoms with E-state index in [1.54, 1.807) is 0 Å². The van der Waals surface area contributed by atoms with Gasteiger partial charge in [-0.25, -0.2) is 0 Å². The second-order valence-corrected chi connectivity index (χ2v) is 7.12. The van der Waals surface area contributed by atoms with E-state index in [-0.39, 0.29) is 11.3 Å². The fourth-order valence-corrected chi connectivity index (χ4v) is 3.74. The lowest BCUT2D eigenvalue weighted by Crippen LogP contribution is -2.49. The number of rotatable bonds is 3. The fraction of sp³-hybridized carbons (Fsp3) is 0.933. The summed E-state index contributed by atoms with van der Waals surface area (Å²) < 4.78 is 0. The number of hydrogen-bond donors (Lipinski definition) is 2. The molecular weight excluding hydrogens is 224 g/mol. The molecule has 2 aliphatic rings. The van der Waals surface area contributed by atoms with E-state index >= 15 is 0 Å². The molecule has 0 aromatic rings. The lowest BCUT2D eigenvalue weighted by Gasteiger charge is -2.37. The van der Waals surface area contributed by atoms with Crippen molar-refractivity contribution in [3.05, 3.63) is 0 Å². The van der Waals surface area contributed by atoms with Crippen LogP contribution >= 0.6 is 0 Å². The van der Waals surface area contributed by atoms with E-state index in [0.717, 1.165) is 38.5 Å². The van der Waals surface area contributed by atoms with Crippen LogP contribution in [0.5, 0.6) is 0 Å². The number of carbonyl (C=O) groups excluding carboxylic acids is 1. The molecule has 2 saturated carbocycles. The highest BCUT2D eigenvalue weighted by Crippen LogP contribution is 2.39. The third-order valence-electron chi connectivity index (χ3n) is 4.97. The van der Waals surface area contributed by atoms with Crippen molar-refractivity contribution < 1.29 is 4.79 Å². The molecule has 0 radical (unpaired) electrons. The highest BCUT2D eigenvalue weighted by atomic mass is 16.2. The van der Waals surface area contributed by atoms with Crippen molar-refractivity contribution in [2.24, 2.45) is 16.6 Å². The molecule has 104 valence electrons. The molecule has 3 N–H and O–H groups in total. The Hall–Kier alpha value is -0.570. The lowest BCUT2D eigenvalue weighted by atomic mass is 9.74. The summed E-state index contributed by atoms with van der Waals surface area (Å²) in [7, 11) is 0. The molecule has 0 bridgehead atoms. The van der Waals surface area contributed by atoms with Crippen LogP contribution in [0.4, 0.5) is 0 Å². The molecule has 1 amide bonds. The zero-order valence-electron chi connectivity index (χ0n) is 11.9. The van der Waals surface area contributed by atoms with Crippen molar-refractivity contribution in [2.45, 2.75) is 71.3 Å². The van der Waals surface area contributed by atoms with Crippen LogP contribution in [0, 0.1) is 10.8 Å². The Balaban J connectivity index is 1.94. The highest BCUT2D eigenvalue weighted by Gasteiger charge is 2.41. The van der Waals surface area contributed by atoms with Gasteiger partial charge in [0, 0.05) is 12.6 Å². The Morgan fingerprint density at radius 3 is 2.44 bits per heavy atom. The maximum atomic E-state index is 12.5. The van der Waals surface area contributed by atoms with Gasteiger partial charge in [-0.3, -0.25) is 4.79 Å². The zero-order chi connectivity index (χ0) is 13.2. The first kappa shape index (κ1) is 13.9. The van der Waals surface area contributed by atoms with Crippen LogP contribution in [-0.2, 0) is 4.79 Å². The predicted octanol–water partition coefficient (Wildman–Crippen LogP) is 2.59. The van der Waals surface area contributed by atoms with E-state index < -0.39 is 0 Å². The summed E-state index contributed by atoms with van der Waals surface area (Å²) in [4.78, 5) is 12.5. The fourth-order valence-electron chi connectivity index (χ4n) is 3.74. The minimum atomic E-state index is -0.248. The van der Waals surface area contributed by atoms with Gasteiger partial charge in [0.15, 0.2) is 0 Å². The van der Waals surface area contributed by atoms with Crippen molar-refractivity contribution in [2.75, 3.05) is 6.54 Å². The number of carbonyl (C=O) groups is 1. The van der Waals surface area contributed by atoms with Crippen LogP contribution in [0.25, 0.3) is 0 Å². The Kier molecular flexibility index (Phi) is 4.00. The smallest absolute Gasteiger partial charge is 0.227 e. The van der Waals surface area contributed by atoms with Gasteiger partial charge in [-0.2, -0.15) is 0 Å². The van der Waals surface area contributed by atoms with Crippen molar-refractivity contribution in [1.82, 2.24) is 5.32 Å². The molecule has 3 nitrogen and oxygen atoms in total. The second-order valence-electron chi connectivity index (χ2n) is 7.12. The van der Waals surface area contributed by atoms with Crippen LogP contribution in [0.3, 0.4) is 0 Å². The average Bonchev–Trinajstić information content (AvgIpc) is 2.77. The van der Waals surface area contributed by atoms with Crippen LogP contribution < -0.4 is 11.1 Å². The maximum Gasteiger partial charge on any atom is 0.227 e. The van der Waals surface area contributed by atoms with Gasteiger partial charge < -0.3 is 11.1 Å². The quantitative estimate of drug-likeness (QED) is 0.811. The highest BCUT2D eigenvalue weighted by molar-refractivity contribution is 5.83. The predicted molar refractivity (Wildman–Crippen MR) is 74.1 cm³/mol. The minimum Gasteiger partial charge on any atom is -0.353 e. The van der Waals surface area contributed by atoms with Gasteiger partial charge in [0.05, 0.1) is 5.41 Å². The summed E-state index contributed by atoms with van der Waals surface area (Å²) >= 11 is 0. The Morgan fingerprint density at radius 1 is 1.22 bits per heavy atom. The molecule has 1 unspecified atom stereocenters. The van der Waals surface area contributed by atoms with Crippen LogP contribution in [0.2, 0.25) is 0 Å². The van der Waals surface area contributed by atoms with E-state index in [0.29, 0.717) is 18.0 Å². The molecule has 2 fully saturated rings. The van der Waals surface area contributed by atoms with Gasteiger partial charge in [0.25, 0.3) is 0 Å². The van der Waals surface area contributed by atoms with Crippen molar-refractivity contribution in [1.29, 1.82) is 0 Å². The lowest BCUT2D eigenvalue weighted by molar-refractivity contribution is -0.131. The normalized spacial score (nSPS) is 30.1. The molecule has 0 aliphatic heterocycles. The molecule has 0 spiro atoms. The SMILES string of the molecule is CC1(C)CCCC(NC(=O)C2(CN)CCCC2)C1. The number of amides is 1. The summed E-state index contributed by atoms with van der Waals surface area (Å²) in [6, 6.07) is 0.366. The first-order chi connectivity index (χ1) is 8.47. The van der Waals surface area contributed by atoms with Gasteiger partial charge in [-0.15, -0.1) is 0 Å². The number of nitrogens with one attached hydrogen (secondary N) is 1. The monoisotopic (exact) mass is 252 g/mol. The minimum absolute atomic E-state index is 0.227. The molecule has 0 heterocycles.